The second-order valence-electron chi connectivity index (χ2n) is 5.02. The first-order valence-corrected chi connectivity index (χ1v) is 7.02. The molecule has 0 amide bonds. The Morgan fingerprint density at radius 3 is 2.95 bits per heavy atom. The SMILES string of the molecule is O=C(O)C1CCCCN1CCCOc1ccccc1F. The number of likely N-dealkylation sites (tertiary alicyclic amines) is 1. The number of benzene rings is 1. The molecule has 5 heteroatoms. The smallest absolute Gasteiger partial charge is 0.320 e. The van der Waals surface area contributed by atoms with Gasteiger partial charge in [0, 0.05) is 6.54 Å². The molecule has 0 aliphatic carbocycles. The fraction of sp³-hybridized carbons (Fsp3) is 0.533. The third kappa shape index (κ3) is 3.93. The van der Waals surface area contributed by atoms with Crippen LogP contribution in [0.15, 0.2) is 24.3 Å². The molecule has 1 atom stereocenters. The Labute approximate surface area is 118 Å². The molecular formula is C15H20FNO3. The third-order valence-electron chi connectivity index (χ3n) is 3.58. The van der Waals surface area contributed by atoms with Crippen molar-refractivity contribution in [2.24, 2.45) is 0 Å². The van der Waals surface area contributed by atoms with Crippen LogP contribution in [0.2, 0.25) is 0 Å². The fourth-order valence-electron chi connectivity index (χ4n) is 2.55. The molecule has 1 saturated heterocycles. The molecule has 0 radical (unpaired) electrons. The topological polar surface area (TPSA) is 49.8 Å². The van der Waals surface area contributed by atoms with Crippen LogP contribution < -0.4 is 4.74 Å². The Balaban J connectivity index is 1.75. The van der Waals surface area contributed by atoms with Gasteiger partial charge in [0.25, 0.3) is 0 Å². The van der Waals surface area contributed by atoms with E-state index >= 15 is 0 Å². The van der Waals surface area contributed by atoms with Gasteiger partial charge in [-0.25, -0.2) is 4.39 Å². The number of carboxylic acid groups (broad SMARTS) is 1. The fourth-order valence-corrected chi connectivity index (χ4v) is 2.55. The Morgan fingerprint density at radius 1 is 1.40 bits per heavy atom. The van der Waals surface area contributed by atoms with E-state index in [0.717, 1.165) is 19.4 Å². The maximum atomic E-state index is 13.3. The Hall–Kier alpha value is -1.62. The summed E-state index contributed by atoms with van der Waals surface area (Å²) in [5.74, 6) is -0.866. The molecule has 110 valence electrons. The minimum absolute atomic E-state index is 0.251. The molecule has 1 N–H and O–H groups in total. The molecule has 1 aliphatic heterocycles. The number of piperidine rings is 1. The van der Waals surface area contributed by atoms with Crippen molar-refractivity contribution in [3.8, 4) is 5.75 Å². The number of ether oxygens (including phenoxy) is 1. The highest BCUT2D eigenvalue weighted by molar-refractivity contribution is 5.73. The second-order valence-corrected chi connectivity index (χ2v) is 5.02. The predicted molar refractivity (Wildman–Crippen MR) is 73.4 cm³/mol. The number of halogens is 1. The van der Waals surface area contributed by atoms with Crippen molar-refractivity contribution in [2.75, 3.05) is 19.7 Å². The largest absolute Gasteiger partial charge is 0.490 e. The van der Waals surface area contributed by atoms with Crippen LogP contribution >= 0.6 is 0 Å². The average Bonchev–Trinajstić information content (AvgIpc) is 2.45. The van der Waals surface area contributed by atoms with Gasteiger partial charge in [-0.15, -0.1) is 0 Å². The van der Waals surface area contributed by atoms with Crippen LogP contribution in [0.4, 0.5) is 4.39 Å². The lowest BCUT2D eigenvalue weighted by atomic mass is 10.0. The first-order chi connectivity index (χ1) is 9.68. The number of hydrogen-bond donors (Lipinski definition) is 1. The Kier molecular flexibility index (Phi) is 5.35. The van der Waals surface area contributed by atoms with Crippen LogP contribution in [-0.2, 0) is 4.79 Å². The average molecular weight is 281 g/mol. The minimum Gasteiger partial charge on any atom is -0.490 e. The minimum atomic E-state index is -0.750. The van der Waals surface area contributed by atoms with Crippen LogP contribution in [0.5, 0.6) is 5.75 Å². The standard InChI is InChI=1S/C15H20FNO3/c16-12-6-1-2-8-14(12)20-11-5-10-17-9-4-3-7-13(17)15(18)19/h1-2,6,8,13H,3-5,7,9-11H2,(H,18,19). The van der Waals surface area contributed by atoms with E-state index in [2.05, 4.69) is 0 Å². The number of carboxylic acids is 1. The molecular weight excluding hydrogens is 261 g/mol. The lowest BCUT2D eigenvalue weighted by molar-refractivity contribution is -0.144. The number of nitrogens with zero attached hydrogens (tertiary/aromatic N) is 1. The van der Waals surface area contributed by atoms with Gasteiger partial charge in [0.2, 0.25) is 0 Å². The van der Waals surface area contributed by atoms with Gasteiger partial charge >= 0.3 is 5.97 Å². The van der Waals surface area contributed by atoms with Crippen molar-refractivity contribution < 1.29 is 19.0 Å². The number of para-hydroxylation sites is 1. The zero-order valence-electron chi connectivity index (χ0n) is 11.4. The summed E-state index contributed by atoms with van der Waals surface area (Å²) in [6, 6.07) is 5.92. The Morgan fingerprint density at radius 2 is 2.20 bits per heavy atom. The van der Waals surface area contributed by atoms with E-state index in [4.69, 9.17) is 9.84 Å². The summed E-state index contributed by atoms with van der Waals surface area (Å²) in [5.41, 5.74) is 0. The van der Waals surface area contributed by atoms with E-state index in [1.807, 2.05) is 4.90 Å². The van der Waals surface area contributed by atoms with Gasteiger partial charge in [0.15, 0.2) is 11.6 Å². The van der Waals surface area contributed by atoms with Gasteiger partial charge in [-0.05, 0) is 37.9 Å². The van der Waals surface area contributed by atoms with Crippen molar-refractivity contribution >= 4 is 5.97 Å². The molecule has 4 nitrogen and oxygen atoms in total. The Bertz CT molecular complexity index is 452. The van der Waals surface area contributed by atoms with Gasteiger partial charge in [-0.2, -0.15) is 0 Å². The highest BCUT2D eigenvalue weighted by atomic mass is 19.1. The number of rotatable bonds is 6. The van der Waals surface area contributed by atoms with Gasteiger partial charge in [0.05, 0.1) is 6.61 Å². The summed E-state index contributed by atoms with van der Waals surface area (Å²) in [7, 11) is 0. The molecule has 1 aromatic rings. The van der Waals surface area contributed by atoms with Gasteiger partial charge < -0.3 is 9.84 Å². The van der Waals surface area contributed by atoms with Gasteiger partial charge in [-0.3, -0.25) is 9.69 Å². The molecule has 1 aliphatic rings. The van der Waals surface area contributed by atoms with Crippen molar-refractivity contribution in [3.63, 3.8) is 0 Å². The lowest BCUT2D eigenvalue weighted by Gasteiger charge is -2.32. The van der Waals surface area contributed by atoms with Crippen LogP contribution in [0, 0.1) is 5.82 Å². The third-order valence-corrected chi connectivity index (χ3v) is 3.58. The molecule has 1 unspecified atom stereocenters. The van der Waals surface area contributed by atoms with Crippen molar-refractivity contribution in [3.05, 3.63) is 30.1 Å². The molecule has 20 heavy (non-hydrogen) atoms. The molecule has 0 bridgehead atoms. The van der Waals surface area contributed by atoms with Crippen molar-refractivity contribution in [1.82, 2.24) is 4.90 Å². The molecule has 0 aromatic heterocycles. The van der Waals surface area contributed by atoms with Crippen LogP contribution in [0.3, 0.4) is 0 Å². The molecule has 0 spiro atoms. The summed E-state index contributed by atoms with van der Waals surface area (Å²) in [5, 5.41) is 9.16. The molecule has 1 fully saturated rings. The van der Waals surface area contributed by atoms with Crippen molar-refractivity contribution in [2.45, 2.75) is 31.7 Å². The van der Waals surface area contributed by atoms with Crippen LogP contribution in [0.25, 0.3) is 0 Å². The second kappa shape index (κ2) is 7.24. The molecule has 0 saturated carbocycles. The van der Waals surface area contributed by atoms with E-state index < -0.39 is 5.97 Å². The summed E-state index contributed by atoms with van der Waals surface area (Å²) in [6.45, 7) is 1.88. The van der Waals surface area contributed by atoms with E-state index in [0.29, 0.717) is 26.0 Å². The first-order valence-electron chi connectivity index (χ1n) is 7.02. The van der Waals surface area contributed by atoms with E-state index in [9.17, 15) is 9.18 Å². The first kappa shape index (κ1) is 14.8. The highest BCUT2D eigenvalue weighted by Gasteiger charge is 2.27. The monoisotopic (exact) mass is 281 g/mol. The number of aliphatic carboxylic acids is 1. The maximum absolute atomic E-state index is 13.3. The molecule has 2 rings (SSSR count). The summed E-state index contributed by atoms with van der Waals surface area (Å²) >= 11 is 0. The lowest BCUT2D eigenvalue weighted by Crippen LogP contribution is -2.45. The summed E-state index contributed by atoms with van der Waals surface area (Å²) < 4.78 is 18.7. The van der Waals surface area contributed by atoms with Crippen LogP contribution in [0.1, 0.15) is 25.7 Å². The molecule has 1 aromatic carbocycles. The quantitative estimate of drug-likeness (QED) is 0.814. The number of hydrogen-bond acceptors (Lipinski definition) is 3. The van der Waals surface area contributed by atoms with Crippen molar-refractivity contribution in [1.29, 1.82) is 0 Å². The van der Waals surface area contributed by atoms with E-state index in [1.165, 1.54) is 6.07 Å². The highest BCUT2D eigenvalue weighted by Crippen LogP contribution is 2.18. The van der Waals surface area contributed by atoms with E-state index in [-0.39, 0.29) is 17.6 Å². The number of carbonyl (C=O) groups is 1. The zero-order chi connectivity index (χ0) is 14.4. The summed E-state index contributed by atoms with van der Waals surface area (Å²) in [4.78, 5) is 13.1. The zero-order valence-corrected chi connectivity index (χ0v) is 11.4. The molecule has 1 heterocycles. The predicted octanol–water partition coefficient (Wildman–Crippen LogP) is 2.53. The summed E-state index contributed by atoms with van der Waals surface area (Å²) in [6.07, 6.45) is 3.42. The van der Waals surface area contributed by atoms with Gasteiger partial charge in [-0.1, -0.05) is 18.6 Å². The maximum Gasteiger partial charge on any atom is 0.320 e. The van der Waals surface area contributed by atoms with E-state index in [1.54, 1.807) is 18.2 Å². The van der Waals surface area contributed by atoms with Gasteiger partial charge in [0.1, 0.15) is 6.04 Å². The van der Waals surface area contributed by atoms with Crippen LogP contribution in [-0.4, -0.2) is 41.7 Å². The normalized spacial score (nSPS) is 19.8.